The van der Waals surface area contributed by atoms with Gasteiger partial charge in [-0.3, -0.25) is 0 Å². The van der Waals surface area contributed by atoms with E-state index < -0.39 is 7.25 Å². The van der Waals surface area contributed by atoms with Crippen LogP contribution in [0.2, 0.25) is 0 Å². The molecule has 0 aliphatic carbocycles. The van der Waals surface area contributed by atoms with Gasteiger partial charge in [-0.15, -0.1) is 0 Å². The van der Waals surface area contributed by atoms with Gasteiger partial charge in [-0.25, -0.2) is 0 Å². The van der Waals surface area contributed by atoms with Gasteiger partial charge in [-0.2, -0.15) is 0 Å². The molecule has 0 saturated heterocycles. The Hall–Kier alpha value is -0.295. The van der Waals surface area contributed by atoms with E-state index in [-0.39, 0.29) is 6.73 Å². The highest BCUT2D eigenvalue weighted by Crippen LogP contribution is 2.06. The summed E-state index contributed by atoms with van der Waals surface area (Å²) in [4.78, 5) is 1.06. The van der Waals surface area contributed by atoms with Crippen LogP contribution in [0, 0.1) is 0 Å². The maximum atomic E-state index is 9.75. The molecule has 0 aromatic rings. The molecule has 2 nitrogen and oxygen atoms in total. The molecule has 0 aliphatic rings. The molecule has 0 amide bonds. The minimum atomic E-state index is -6.00. The lowest BCUT2D eigenvalue weighted by molar-refractivity contribution is -0.879. The number of hydrogen-bond donors (Lipinski definition) is 2. The van der Waals surface area contributed by atoms with Crippen LogP contribution in [0.1, 0.15) is 0 Å². The van der Waals surface area contributed by atoms with Crippen LogP contribution in [0.4, 0.5) is 17.3 Å². The quantitative estimate of drug-likeness (QED) is 0.300. The first kappa shape index (κ1) is 12.4. The fraction of sp³-hybridized carbons (Fsp3) is 1.00. The summed E-state index contributed by atoms with van der Waals surface area (Å²) in [6.45, 7) is 0.222. The molecular formula is C3H10BF4NO. The highest BCUT2D eigenvalue weighted by atomic mass is 19.5. The normalized spacial score (nSPS) is 10.8. The van der Waals surface area contributed by atoms with Crippen molar-refractivity contribution in [1.82, 2.24) is 0 Å². The van der Waals surface area contributed by atoms with Gasteiger partial charge in [0.2, 0.25) is 0 Å². The summed E-state index contributed by atoms with van der Waals surface area (Å²) in [5, 5.41) is 8.11. The number of aliphatic hydroxyl groups excluding tert-OH is 1. The topological polar surface area (TPSA) is 24.7 Å². The van der Waals surface area contributed by atoms with E-state index >= 15 is 0 Å². The van der Waals surface area contributed by atoms with E-state index in [1.54, 1.807) is 0 Å². The van der Waals surface area contributed by atoms with Crippen molar-refractivity contribution in [2.45, 2.75) is 0 Å². The summed E-state index contributed by atoms with van der Waals surface area (Å²) in [5.41, 5.74) is 0. The van der Waals surface area contributed by atoms with Crippen molar-refractivity contribution in [3.05, 3.63) is 0 Å². The zero-order valence-corrected chi connectivity index (χ0v) is 5.74. The number of quaternary nitrogens is 1. The van der Waals surface area contributed by atoms with Crippen molar-refractivity contribution >= 4 is 7.25 Å². The lowest BCUT2D eigenvalue weighted by Gasteiger charge is -1.96. The van der Waals surface area contributed by atoms with Crippen molar-refractivity contribution in [2.24, 2.45) is 0 Å². The van der Waals surface area contributed by atoms with E-state index in [9.17, 15) is 17.3 Å². The lowest BCUT2D eigenvalue weighted by Crippen LogP contribution is -3.05. The SMILES string of the molecule is C[NH+](C)CO.F[B-](F)(F)F. The van der Waals surface area contributed by atoms with Crippen LogP contribution < -0.4 is 4.90 Å². The van der Waals surface area contributed by atoms with Crippen molar-refractivity contribution < 1.29 is 27.3 Å². The predicted molar refractivity (Wildman–Crippen MR) is 30.1 cm³/mol. The first-order valence-electron chi connectivity index (χ1n) is 2.54. The van der Waals surface area contributed by atoms with E-state index in [0.29, 0.717) is 0 Å². The Balaban J connectivity index is 0. The van der Waals surface area contributed by atoms with Gasteiger partial charge in [0.15, 0.2) is 6.73 Å². The molecular weight excluding hydrogens is 153 g/mol. The molecule has 0 atom stereocenters. The van der Waals surface area contributed by atoms with Crippen LogP contribution in [-0.4, -0.2) is 33.2 Å². The number of nitrogens with one attached hydrogen (secondary N) is 1. The van der Waals surface area contributed by atoms with E-state index in [0.717, 1.165) is 4.90 Å². The number of rotatable bonds is 1. The molecule has 2 N–H and O–H groups in total. The van der Waals surface area contributed by atoms with Gasteiger partial charge in [0.05, 0.1) is 14.1 Å². The Labute approximate surface area is 56.5 Å². The first-order chi connectivity index (χ1) is 4.27. The van der Waals surface area contributed by atoms with Gasteiger partial charge in [-0.05, 0) is 0 Å². The summed E-state index contributed by atoms with van der Waals surface area (Å²) < 4.78 is 39.0. The Morgan fingerprint density at radius 3 is 1.30 bits per heavy atom. The fourth-order valence-electron chi connectivity index (χ4n) is 0. The molecule has 0 rings (SSSR count). The van der Waals surface area contributed by atoms with Crippen LogP contribution in [0.3, 0.4) is 0 Å². The minimum Gasteiger partial charge on any atom is -0.418 e. The Bertz CT molecular complexity index is 69.4. The van der Waals surface area contributed by atoms with Crippen LogP contribution in [0.15, 0.2) is 0 Å². The van der Waals surface area contributed by atoms with E-state index in [4.69, 9.17) is 5.11 Å². The number of aliphatic hydroxyl groups is 1. The van der Waals surface area contributed by atoms with Crippen LogP contribution in [-0.2, 0) is 0 Å². The summed E-state index contributed by atoms with van der Waals surface area (Å²) in [7, 11) is -2.22. The van der Waals surface area contributed by atoms with Crippen molar-refractivity contribution in [3.8, 4) is 0 Å². The molecule has 0 aromatic carbocycles. The van der Waals surface area contributed by atoms with E-state index in [2.05, 4.69) is 0 Å². The summed E-state index contributed by atoms with van der Waals surface area (Å²) in [6.07, 6.45) is 0. The summed E-state index contributed by atoms with van der Waals surface area (Å²) in [5.74, 6) is 0. The fourth-order valence-corrected chi connectivity index (χ4v) is 0. The molecule has 0 bridgehead atoms. The second-order valence-corrected chi connectivity index (χ2v) is 1.86. The van der Waals surface area contributed by atoms with Crippen LogP contribution >= 0.6 is 0 Å². The molecule has 0 unspecified atom stereocenters. The standard InChI is InChI=1S/C3H9NO.BF4/c1-4(2)3-5;2-1(3,4)5/h5H,3H2,1-2H3;/q;-1/p+1. The largest absolute Gasteiger partial charge is 0.673 e. The summed E-state index contributed by atoms with van der Waals surface area (Å²) >= 11 is 0. The van der Waals surface area contributed by atoms with E-state index in [1.807, 2.05) is 14.1 Å². The van der Waals surface area contributed by atoms with Gasteiger partial charge in [-0.1, -0.05) is 0 Å². The molecule has 0 fully saturated rings. The zero-order valence-electron chi connectivity index (χ0n) is 5.74. The second-order valence-electron chi connectivity index (χ2n) is 1.86. The van der Waals surface area contributed by atoms with Crippen molar-refractivity contribution in [3.63, 3.8) is 0 Å². The molecule has 64 valence electrons. The zero-order chi connectivity index (χ0) is 8.78. The van der Waals surface area contributed by atoms with E-state index in [1.165, 1.54) is 0 Å². The van der Waals surface area contributed by atoms with Gasteiger partial charge in [0, 0.05) is 0 Å². The number of hydrogen-bond acceptors (Lipinski definition) is 1. The average molecular weight is 163 g/mol. The Kier molecular flexibility index (Phi) is 6.80. The molecule has 0 aliphatic heterocycles. The van der Waals surface area contributed by atoms with Gasteiger partial charge in [0.25, 0.3) is 0 Å². The highest BCUT2D eigenvalue weighted by molar-refractivity contribution is 6.50. The molecule has 0 radical (unpaired) electrons. The lowest BCUT2D eigenvalue weighted by atomic mass is 10.3. The van der Waals surface area contributed by atoms with Crippen LogP contribution in [0.5, 0.6) is 0 Å². The van der Waals surface area contributed by atoms with Crippen LogP contribution in [0.25, 0.3) is 0 Å². The monoisotopic (exact) mass is 163 g/mol. The third-order valence-corrected chi connectivity index (χ3v) is 0.316. The third kappa shape index (κ3) is 119. The first-order valence-corrected chi connectivity index (χ1v) is 2.54. The maximum absolute atomic E-state index is 9.75. The van der Waals surface area contributed by atoms with Crippen molar-refractivity contribution in [2.75, 3.05) is 20.8 Å². The highest BCUT2D eigenvalue weighted by Gasteiger charge is 2.20. The minimum absolute atomic E-state index is 0.222. The predicted octanol–water partition coefficient (Wildman–Crippen LogP) is -0.619. The summed E-state index contributed by atoms with van der Waals surface area (Å²) in [6, 6.07) is 0. The molecule has 0 aromatic heterocycles. The molecule has 0 spiro atoms. The molecule has 7 heteroatoms. The maximum Gasteiger partial charge on any atom is 0.673 e. The molecule has 0 saturated carbocycles. The Morgan fingerprint density at radius 1 is 1.20 bits per heavy atom. The molecule has 10 heavy (non-hydrogen) atoms. The van der Waals surface area contributed by atoms with Crippen molar-refractivity contribution in [1.29, 1.82) is 0 Å². The molecule has 0 heterocycles. The second kappa shape index (κ2) is 5.49. The third-order valence-electron chi connectivity index (χ3n) is 0.316. The number of halogens is 4. The smallest absolute Gasteiger partial charge is 0.418 e. The van der Waals surface area contributed by atoms with Gasteiger partial charge >= 0.3 is 7.25 Å². The average Bonchev–Trinajstić information content (AvgIpc) is 1.61. The van der Waals surface area contributed by atoms with Gasteiger partial charge in [0.1, 0.15) is 0 Å². The Morgan fingerprint density at radius 2 is 1.30 bits per heavy atom. The van der Waals surface area contributed by atoms with Gasteiger partial charge < -0.3 is 27.3 Å².